The second-order valence-corrected chi connectivity index (χ2v) is 6.47. The van der Waals surface area contributed by atoms with Gasteiger partial charge < -0.3 is 15.4 Å². The van der Waals surface area contributed by atoms with E-state index in [1.165, 1.54) is 12.8 Å². The first kappa shape index (κ1) is 18.9. The van der Waals surface area contributed by atoms with Gasteiger partial charge in [-0.05, 0) is 50.6 Å². The van der Waals surface area contributed by atoms with Gasteiger partial charge in [0.05, 0.1) is 6.61 Å². The van der Waals surface area contributed by atoms with E-state index in [1.807, 2.05) is 13.8 Å². The minimum absolute atomic E-state index is 0.0450. The molecule has 1 amide bonds. The van der Waals surface area contributed by atoms with Gasteiger partial charge in [-0.2, -0.15) is 0 Å². The molecule has 0 aromatic heterocycles. The monoisotopic (exact) mass is 312 g/mol. The Morgan fingerprint density at radius 2 is 2.05 bits per heavy atom. The zero-order valence-corrected chi connectivity index (χ0v) is 14.5. The molecule has 4 unspecified atom stereocenters. The van der Waals surface area contributed by atoms with Crippen molar-refractivity contribution in [1.82, 2.24) is 10.6 Å². The quantitative estimate of drug-likeness (QED) is 0.674. The Bertz CT molecular complexity index is 354. The van der Waals surface area contributed by atoms with E-state index < -0.39 is 6.04 Å². The molecule has 2 N–H and O–H groups in total. The Morgan fingerprint density at radius 1 is 1.32 bits per heavy atom. The predicted octanol–water partition coefficient (Wildman–Crippen LogP) is 2.11. The fraction of sp³-hybridized carbons (Fsp3) is 0.882. The molecule has 128 valence electrons. The zero-order valence-electron chi connectivity index (χ0n) is 14.5. The standard InChI is InChI=1S/C17H32N2O3/c1-5-12(3)16(17(21)22-6-2)19-15(20)10-13(4)14-8-7-9-18-11-14/h12-14,16,18H,5-11H2,1-4H3,(H,19,20). The molecule has 0 aliphatic carbocycles. The molecular formula is C17H32N2O3. The van der Waals surface area contributed by atoms with Crippen LogP contribution >= 0.6 is 0 Å². The van der Waals surface area contributed by atoms with Gasteiger partial charge in [-0.15, -0.1) is 0 Å². The molecule has 0 saturated carbocycles. The summed E-state index contributed by atoms with van der Waals surface area (Å²) in [6.45, 7) is 10.3. The number of carbonyl (C=O) groups is 2. The van der Waals surface area contributed by atoms with E-state index in [2.05, 4.69) is 17.6 Å². The van der Waals surface area contributed by atoms with Crippen LogP contribution in [0.4, 0.5) is 0 Å². The Hall–Kier alpha value is -1.10. The normalized spacial score (nSPS) is 22.5. The molecule has 22 heavy (non-hydrogen) atoms. The molecular weight excluding hydrogens is 280 g/mol. The van der Waals surface area contributed by atoms with Crippen molar-refractivity contribution in [3.8, 4) is 0 Å². The highest BCUT2D eigenvalue weighted by atomic mass is 16.5. The molecule has 1 heterocycles. The van der Waals surface area contributed by atoms with Crippen molar-refractivity contribution in [3.05, 3.63) is 0 Å². The Kier molecular flexibility index (Phi) is 8.46. The van der Waals surface area contributed by atoms with Crippen LogP contribution in [0, 0.1) is 17.8 Å². The van der Waals surface area contributed by atoms with Crippen molar-refractivity contribution in [2.75, 3.05) is 19.7 Å². The van der Waals surface area contributed by atoms with E-state index in [0.29, 0.717) is 24.9 Å². The predicted molar refractivity (Wildman–Crippen MR) is 87.4 cm³/mol. The first-order chi connectivity index (χ1) is 10.5. The molecule has 0 radical (unpaired) electrons. The van der Waals surface area contributed by atoms with Crippen molar-refractivity contribution < 1.29 is 14.3 Å². The molecule has 1 aliphatic heterocycles. The molecule has 1 fully saturated rings. The van der Waals surface area contributed by atoms with E-state index in [4.69, 9.17) is 4.74 Å². The highest BCUT2D eigenvalue weighted by molar-refractivity contribution is 5.84. The Balaban J connectivity index is 2.52. The topological polar surface area (TPSA) is 67.4 Å². The van der Waals surface area contributed by atoms with Gasteiger partial charge in [0.25, 0.3) is 0 Å². The molecule has 0 spiro atoms. The number of esters is 1. The van der Waals surface area contributed by atoms with E-state index in [9.17, 15) is 9.59 Å². The number of hydrogen-bond donors (Lipinski definition) is 2. The fourth-order valence-corrected chi connectivity index (χ4v) is 2.96. The van der Waals surface area contributed by atoms with Crippen LogP contribution in [0.1, 0.15) is 53.4 Å². The van der Waals surface area contributed by atoms with Crippen LogP contribution < -0.4 is 10.6 Å². The van der Waals surface area contributed by atoms with Crippen molar-refractivity contribution in [2.24, 2.45) is 17.8 Å². The van der Waals surface area contributed by atoms with Crippen molar-refractivity contribution >= 4 is 11.9 Å². The lowest BCUT2D eigenvalue weighted by atomic mass is 9.85. The largest absolute Gasteiger partial charge is 0.464 e. The smallest absolute Gasteiger partial charge is 0.328 e. The maximum absolute atomic E-state index is 12.3. The minimum atomic E-state index is -0.533. The molecule has 4 atom stereocenters. The van der Waals surface area contributed by atoms with Crippen LogP contribution in [0.25, 0.3) is 0 Å². The van der Waals surface area contributed by atoms with Gasteiger partial charge in [-0.25, -0.2) is 4.79 Å². The van der Waals surface area contributed by atoms with Crippen molar-refractivity contribution in [2.45, 2.75) is 59.4 Å². The van der Waals surface area contributed by atoms with E-state index in [-0.39, 0.29) is 17.8 Å². The minimum Gasteiger partial charge on any atom is -0.464 e. The highest BCUT2D eigenvalue weighted by Crippen LogP contribution is 2.22. The first-order valence-electron chi connectivity index (χ1n) is 8.66. The SMILES string of the molecule is CCOC(=O)C(NC(=O)CC(C)C1CCCNC1)C(C)CC. The molecule has 0 bridgehead atoms. The maximum Gasteiger partial charge on any atom is 0.328 e. The van der Waals surface area contributed by atoms with Crippen LogP contribution in [-0.2, 0) is 14.3 Å². The summed E-state index contributed by atoms with van der Waals surface area (Å²) in [5.41, 5.74) is 0. The fourth-order valence-electron chi connectivity index (χ4n) is 2.96. The Labute approximate surface area is 134 Å². The Morgan fingerprint density at radius 3 is 2.59 bits per heavy atom. The third-order valence-electron chi connectivity index (χ3n) is 4.72. The van der Waals surface area contributed by atoms with Crippen molar-refractivity contribution in [3.63, 3.8) is 0 Å². The third kappa shape index (κ3) is 5.95. The van der Waals surface area contributed by atoms with Gasteiger partial charge in [0, 0.05) is 6.42 Å². The molecule has 0 aromatic rings. The van der Waals surface area contributed by atoms with Crippen LogP contribution in [0.5, 0.6) is 0 Å². The number of nitrogens with one attached hydrogen (secondary N) is 2. The summed E-state index contributed by atoms with van der Waals surface area (Å²) < 4.78 is 5.09. The van der Waals surface area contributed by atoms with Crippen LogP contribution in [0.15, 0.2) is 0 Å². The van der Waals surface area contributed by atoms with Gasteiger partial charge in [0.1, 0.15) is 6.04 Å². The number of hydrogen-bond acceptors (Lipinski definition) is 4. The lowest BCUT2D eigenvalue weighted by Crippen LogP contribution is -2.46. The number of amides is 1. The van der Waals surface area contributed by atoms with Gasteiger partial charge in [-0.3, -0.25) is 4.79 Å². The number of carbonyl (C=O) groups excluding carboxylic acids is 2. The maximum atomic E-state index is 12.3. The molecule has 1 rings (SSSR count). The van der Waals surface area contributed by atoms with E-state index in [1.54, 1.807) is 6.92 Å². The summed E-state index contributed by atoms with van der Waals surface area (Å²) in [6, 6.07) is -0.533. The third-order valence-corrected chi connectivity index (χ3v) is 4.72. The molecule has 5 heteroatoms. The van der Waals surface area contributed by atoms with Crippen LogP contribution in [0.2, 0.25) is 0 Å². The van der Waals surface area contributed by atoms with Gasteiger partial charge in [-0.1, -0.05) is 27.2 Å². The summed E-state index contributed by atoms with van der Waals surface area (Å²) in [6.07, 6.45) is 3.65. The number of ether oxygens (including phenoxy) is 1. The lowest BCUT2D eigenvalue weighted by molar-refractivity contribution is -0.149. The average molecular weight is 312 g/mol. The van der Waals surface area contributed by atoms with Crippen LogP contribution in [0.3, 0.4) is 0 Å². The number of piperidine rings is 1. The van der Waals surface area contributed by atoms with Crippen molar-refractivity contribution in [1.29, 1.82) is 0 Å². The summed E-state index contributed by atoms with van der Waals surface area (Å²) in [5, 5.41) is 6.27. The summed E-state index contributed by atoms with van der Waals surface area (Å²) in [7, 11) is 0. The summed E-state index contributed by atoms with van der Waals surface area (Å²) in [4.78, 5) is 24.3. The second-order valence-electron chi connectivity index (χ2n) is 6.47. The molecule has 1 saturated heterocycles. The van der Waals surface area contributed by atoms with Crippen LogP contribution in [-0.4, -0.2) is 37.6 Å². The summed E-state index contributed by atoms with van der Waals surface area (Å²) in [5.74, 6) is 0.583. The molecule has 1 aliphatic rings. The average Bonchev–Trinajstić information content (AvgIpc) is 2.52. The van der Waals surface area contributed by atoms with Gasteiger partial charge in [0.15, 0.2) is 0 Å². The zero-order chi connectivity index (χ0) is 16.5. The van der Waals surface area contributed by atoms with Gasteiger partial charge >= 0.3 is 5.97 Å². The molecule has 5 nitrogen and oxygen atoms in total. The van der Waals surface area contributed by atoms with E-state index in [0.717, 1.165) is 19.5 Å². The summed E-state index contributed by atoms with van der Waals surface area (Å²) >= 11 is 0. The second kappa shape index (κ2) is 9.82. The lowest BCUT2D eigenvalue weighted by Gasteiger charge is -2.29. The van der Waals surface area contributed by atoms with Gasteiger partial charge in [0.2, 0.25) is 5.91 Å². The first-order valence-corrected chi connectivity index (χ1v) is 8.66. The number of rotatable bonds is 8. The van der Waals surface area contributed by atoms with E-state index >= 15 is 0 Å². The molecule has 0 aromatic carbocycles. The highest BCUT2D eigenvalue weighted by Gasteiger charge is 2.29.